The number of benzene rings is 2. The van der Waals surface area contributed by atoms with E-state index in [1.165, 1.54) is 17.8 Å². The molecule has 34 heavy (non-hydrogen) atoms. The number of rotatable bonds is 7. The summed E-state index contributed by atoms with van der Waals surface area (Å²) in [4.78, 5) is 39.6. The SMILES string of the molecule is CC(C)c1ccc(NC(=O)CN2C(=O)S/C(=C\c3ccc(Sc4ccc(Cl)cc4)o3)C2=O)cc1. The number of anilines is 1. The maximum atomic E-state index is 12.7. The molecule has 0 unspecified atom stereocenters. The highest BCUT2D eigenvalue weighted by Gasteiger charge is 2.36. The first-order chi connectivity index (χ1) is 16.3. The number of thioether (sulfide) groups is 1. The fourth-order valence-electron chi connectivity index (χ4n) is 3.15. The third-order valence-electron chi connectivity index (χ3n) is 4.94. The first kappa shape index (κ1) is 24.2. The minimum Gasteiger partial charge on any atom is -0.450 e. The number of hydrogen-bond donors (Lipinski definition) is 1. The van der Waals surface area contributed by atoms with Crippen LogP contribution in [-0.4, -0.2) is 28.5 Å². The lowest BCUT2D eigenvalue weighted by Gasteiger charge is -2.13. The van der Waals surface area contributed by atoms with Gasteiger partial charge in [0.15, 0.2) is 5.09 Å². The van der Waals surface area contributed by atoms with Gasteiger partial charge in [0.05, 0.1) is 4.91 Å². The smallest absolute Gasteiger partial charge is 0.294 e. The fraction of sp³-hybridized carbons (Fsp3) is 0.160. The van der Waals surface area contributed by atoms with Gasteiger partial charge in [-0.2, -0.15) is 0 Å². The number of furan rings is 1. The number of nitrogens with zero attached hydrogens (tertiary/aromatic N) is 1. The van der Waals surface area contributed by atoms with Crippen molar-refractivity contribution in [3.63, 3.8) is 0 Å². The van der Waals surface area contributed by atoms with Gasteiger partial charge in [-0.1, -0.05) is 49.3 Å². The molecule has 3 amide bonds. The highest BCUT2D eigenvalue weighted by atomic mass is 35.5. The summed E-state index contributed by atoms with van der Waals surface area (Å²) in [5, 5.41) is 3.52. The summed E-state index contributed by atoms with van der Waals surface area (Å²) in [6.07, 6.45) is 1.51. The van der Waals surface area contributed by atoms with Crippen molar-refractivity contribution < 1.29 is 18.8 Å². The zero-order valence-electron chi connectivity index (χ0n) is 18.4. The molecule has 0 aliphatic carbocycles. The summed E-state index contributed by atoms with van der Waals surface area (Å²) in [5.74, 6) is -0.145. The quantitative estimate of drug-likeness (QED) is 0.347. The normalized spacial score (nSPS) is 14.9. The molecule has 0 atom stereocenters. The van der Waals surface area contributed by atoms with Crippen LogP contribution in [0.15, 0.2) is 80.0 Å². The molecule has 0 radical (unpaired) electrons. The molecule has 1 aromatic heterocycles. The zero-order chi connectivity index (χ0) is 24.2. The van der Waals surface area contributed by atoms with Gasteiger partial charge in [0.1, 0.15) is 12.3 Å². The van der Waals surface area contributed by atoms with E-state index in [0.717, 1.165) is 27.1 Å². The number of halogens is 1. The molecule has 2 heterocycles. The fourth-order valence-corrected chi connectivity index (χ4v) is 4.87. The zero-order valence-corrected chi connectivity index (χ0v) is 20.8. The molecule has 6 nitrogen and oxygen atoms in total. The first-order valence-electron chi connectivity index (χ1n) is 10.5. The van der Waals surface area contributed by atoms with Gasteiger partial charge in [-0.25, -0.2) is 0 Å². The first-order valence-corrected chi connectivity index (χ1v) is 12.5. The Morgan fingerprint density at radius 2 is 1.79 bits per heavy atom. The Hall–Kier alpha value is -2.94. The molecule has 1 aliphatic rings. The van der Waals surface area contributed by atoms with Crippen molar-refractivity contribution in [3.8, 4) is 0 Å². The second kappa shape index (κ2) is 10.5. The molecule has 0 spiro atoms. The predicted octanol–water partition coefficient (Wildman–Crippen LogP) is 6.88. The Balaban J connectivity index is 1.37. The number of hydrogen-bond acceptors (Lipinski definition) is 6. The molecular weight excluding hydrogens is 492 g/mol. The summed E-state index contributed by atoms with van der Waals surface area (Å²) in [6.45, 7) is 3.82. The van der Waals surface area contributed by atoms with Crippen molar-refractivity contribution in [2.45, 2.75) is 29.8 Å². The molecule has 2 aromatic carbocycles. The molecular formula is C25H21ClN2O4S2. The van der Waals surface area contributed by atoms with E-state index < -0.39 is 17.1 Å². The van der Waals surface area contributed by atoms with Gasteiger partial charge in [-0.3, -0.25) is 19.3 Å². The van der Waals surface area contributed by atoms with Crippen LogP contribution in [0.25, 0.3) is 6.08 Å². The molecule has 1 saturated heterocycles. The number of carbonyl (C=O) groups excluding carboxylic acids is 3. The van der Waals surface area contributed by atoms with E-state index in [9.17, 15) is 14.4 Å². The third kappa shape index (κ3) is 5.94. The van der Waals surface area contributed by atoms with E-state index in [4.69, 9.17) is 16.0 Å². The van der Waals surface area contributed by atoms with Crippen LogP contribution in [0.5, 0.6) is 0 Å². The van der Waals surface area contributed by atoms with Crippen LogP contribution in [0.2, 0.25) is 5.02 Å². The number of carbonyl (C=O) groups is 3. The number of imide groups is 1. The Morgan fingerprint density at radius 1 is 1.09 bits per heavy atom. The van der Waals surface area contributed by atoms with E-state index in [2.05, 4.69) is 19.2 Å². The minimum atomic E-state index is -0.524. The summed E-state index contributed by atoms with van der Waals surface area (Å²) >= 11 is 8.10. The van der Waals surface area contributed by atoms with Crippen LogP contribution >= 0.6 is 35.1 Å². The van der Waals surface area contributed by atoms with Gasteiger partial charge in [0.2, 0.25) is 5.91 Å². The van der Waals surface area contributed by atoms with Gasteiger partial charge < -0.3 is 9.73 Å². The monoisotopic (exact) mass is 512 g/mol. The molecule has 9 heteroatoms. The van der Waals surface area contributed by atoms with Crippen LogP contribution in [0, 0.1) is 0 Å². The van der Waals surface area contributed by atoms with Crippen molar-refractivity contribution in [1.29, 1.82) is 0 Å². The summed E-state index contributed by atoms with van der Waals surface area (Å²) in [5.41, 5.74) is 1.76. The van der Waals surface area contributed by atoms with Gasteiger partial charge >= 0.3 is 0 Å². The lowest BCUT2D eigenvalue weighted by molar-refractivity contribution is -0.127. The minimum absolute atomic E-state index is 0.205. The maximum Gasteiger partial charge on any atom is 0.294 e. The van der Waals surface area contributed by atoms with Gasteiger partial charge in [-0.15, -0.1) is 0 Å². The van der Waals surface area contributed by atoms with Crippen molar-refractivity contribution >= 4 is 63.9 Å². The Morgan fingerprint density at radius 3 is 2.47 bits per heavy atom. The predicted molar refractivity (Wildman–Crippen MR) is 136 cm³/mol. The van der Waals surface area contributed by atoms with E-state index >= 15 is 0 Å². The lowest BCUT2D eigenvalue weighted by atomic mass is 10.0. The van der Waals surface area contributed by atoms with Crippen LogP contribution in [0.3, 0.4) is 0 Å². The van der Waals surface area contributed by atoms with E-state index in [-0.39, 0.29) is 11.4 Å². The van der Waals surface area contributed by atoms with Gasteiger partial charge in [0, 0.05) is 21.7 Å². The van der Waals surface area contributed by atoms with Gasteiger partial charge in [0.25, 0.3) is 11.1 Å². The third-order valence-corrected chi connectivity index (χ3v) is 7.03. The number of amides is 3. The number of nitrogens with one attached hydrogen (secondary N) is 1. The molecule has 1 N–H and O–H groups in total. The Bertz CT molecular complexity index is 1250. The van der Waals surface area contributed by atoms with Crippen LogP contribution in [-0.2, 0) is 9.59 Å². The van der Waals surface area contributed by atoms with Gasteiger partial charge in [-0.05, 0) is 71.8 Å². The van der Waals surface area contributed by atoms with Crippen molar-refractivity contribution in [3.05, 3.63) is 81.9 Å². The second-order valence-corrected chi connectivity index (χ2v) is 10.3. The second-order valence-electron chi connectivity index (χ2n) is 7.81. The molecule has 3 aromatic rings. The summed E-state index contributed by atoms with van der Waals surface area (Å²) < 4.78 is 5.76. The molecule has 0 bridgehead atoms. The van der Waals surface area contributed by atoms with E-state index in [1.54, 1.807) is 36.4 Å². The van der Waals surface area contributed by atoms with E-state index in [1.807, 2.05) is 24.3 Å². The molecule has 4 rings (SSSR count). The van der Waals surface area contributed by atoms with Crippen LogP contribution in [0.4, 0.5) is 10.5 Å². The summed E-state index contributed by atoms with van der Waals surface area (Å²) in [7, 11) is 0. The topological polar surface area (TPSA) is 79.6 Å². The lowest BCUT2D eigenvalue weighted by Crippen LogP contribution is -2.36. The maximum absolute atomic E-state index is 12.7. The van der Waals surface area contributed by atoms with E-state index in [0.29, 0.717) is 27.5 Å². The molecule has 174 valence electrons. The van der Waals surface area contributed by atoms with Crippen LogP contribution < -0.4 is 5.32 Å². The molecule has 0 saturated carbocycles. The highest BCUT2D eigenvalue weighted by Crippen LogP contribution is 2.34. The van der Waals surface area contributed by atoms with Crippen molar-refractivity contribution in [2.24, 2.45) is 0 Å². The van der Waals surface area contributed by atoms with Crippen LogP contribution in [0.1, 0.15) is 31.1 Å². The largest absolute Gasteiger partial charge is 0.450 e. The van der Waals surface area contributed by atoms with Crippen molar-refractivity contribution in [2.75, 3.05) is 11.9 Å². The average molecular weight is 513 g/mol. The molecule has 1 aliphatic heterocycles. The molecule has 1 fully saturated rings. The Kier molecular flexibility index (Phi) is 7.50. The standard InChI is InChI=1S/C25H21ClN2O4S2/c1-15(2)16-3-7-18(8-4-16)27-22(29)14-28-24(30)21(34-25(28)31)13-19-9-12-23(32-19)33-20-10-5-17(26)6-11-20/h3-13,15H,14H2,1-2H3,(H,27,29)/b21-13-. The van der Waals surface area contributed by atoms with Crippen molar-refractivity contribution in [1.82, 2.24) is 4.90 Å². The summed E-state index contributed by atoms with van der Waals surface area (Å²) in [6, 6.07) is 18.3. The highest BCUT2D eigenvalue weighted by molar-refractivity contribution is 8.18. The average Bonchev–Trinajstić information content (AvgIpc) is 3.35. The Labute approximate surface area is 210 Å².